The van der Waals surface area contributed by atoms with Gasteiger partial charge in [-0.2, -0.15) is 0 Å². The van der Waals surface area contributed by atoms with Crippen LogP contribution >= 0.6 is 12.2 Å². The van der Waals surface area contributed by atoms with Crippen molar-refractivity contribution in [1.82, 2.24) is 14.9 Å². The summed E-state index contributed by atoms with van der Waals surface area (Å²) in [5.74, 6) is 5.93. The summed E-state index contributed by atoms with van der Waals surface area (Å²) in [4.78, 5) is 0. The Bertz CT molecular complexity index is 375. The van der Waals surface area contributed by atoms with Crippen molar-refractivity contribution < 1.29 is 0 Å². The van der Waals surface area contributed by atoms with E-state index >= 15 is 0 Å². The van der Waals surface area contributed by atoms with Crippen LogP contribution in [0.5, 0.6) is 0 Å². The fraction of sp³-hybridized carbons (Fsp3) is 0.571. The van der Waals surface area contributed by atoms with Gasteiger partial charge in [-0.1, -0.05) is 20.8 Å². The lowest BCUT2D eigenvalue weighted by Gasteiger charge is -2.19. The molecule has 0 aliphatic rings. The Kier molecular flexibility index (Phi) is 2.25. The summed E-state index contributed by atoms with van der Waals surface area (Å²) in [6.07, 6.45) is 0. The molecule has 0 aliphatic heterocycles. The molecule has 72 valence electrons. The van der Waals surface area contributed by atoms with Crippen molar-refractivity contribution in [2.24, 2.45) is 0 Å². The molecule has 0 aliphatic carbocycles. The number of hydrogen-bond acceptors (Lipinski definition) is 5. The maximum absolute atomic E-state index is 5.74. The predicted octanol–water partition coefficient (Wildman–Crippen LogP) is 0.601. The number of rotatable bonds is 0. The highest BCUT2D eigenvalue weighted by atomic mass is 32.1. The molecule has 1 heterocycles. The third-order valence-corrected chi connectivity index (χ3v) is 1.93. The second-order valence-electron chi connectivity index (χ2n) is 3.84. The lowest BCUT2D eigenvalue weighted by atomic mass is 9.92. The zero-order valence-electron chi connectivity index (χ0n) is 7.90. The first-order valence-corrected chi connectivity index (χ1v) is 4.25. The van der Waals surface area contributed by atoms with E-state index in [0.717, 1.165) is 0 Å². The average Bonchev–Trinajstić information content (AvgIpc) is 1.98. The van der Waals surface area contributed by atoms with Gasteiger partial charge in [-0.05, 0) is 12.2 Å². The lowest BCUT2D eigenvalue weighted by Crippen LogP contribution is -2.25. The summed E-state index contributed by atoms with van der Waals surface area (Å²) in [5, 5.41) is 7.66. The molecule has 0 fully saturated rings. The minimum Gasteiger partial charge on any atom is -0.382 e. The largest absolute Gasteiger partial charge is 0.382 e. The monoisotopic (exact) mass is 199 g/mol. The minimum atomic E-state index is -0.179. The molecule has 0 atom stereocenters. The van der Waals surface area contributed by atoms with E-state index in [0.29, 0.717) is 11.5 Å². The first-order valence-electron chi connectivity index (χ1n) is 3.85. The van der Waals surface area contributed by atoms with Crippen molar-refractivity contribution >= 4 is 18.0 Å². The van der Waals surface area contributed by atoms with Crippen LogP contribution in [0.15, 0.2) is 0 Å². The normalized spacial score (nSPS) is 11.6. The average molecular weight is 199 g/mol. The van der Waals surface area contributed by atoms with Crippen molar-refractivity contribution in [2.45, 2.75) is 26.2 Å². The van der Waals surface area contributed by atoms with Gasteiger partial charge in [-0.3, -0.25) is 0 Å². The summed E-state index contributed by atoms with van der Waals surface area (Å²) in [6.45, 7) is 5.95. The zero-order valence-corrected chi connectivity index (χ0v) is 8.72. The van der Waals surface area contributed by atoms with Crippen molar-refractivity contribution in [2.75, 3.05) is 11.6 Å². The van der Waals surface area contributed by atoms with Crippen molar-refractivity contribution in [3.63, 3.8) is 0 Å². The van der Waals surface area contributed by atoms with E-state index in [-0.39, 0.29) is 10.2 Å². The first kappa shape index (κ1) is 9.91. The Morgan fingerprint density at radius 3 is 2.31 bits per heavy atom. The molecule has 13 heavy (non-hydrogen) atoms. The first-order chi connectivity index (χ1) is 5.84. The molecule has 0 saturated carbocycles. The van der Waals surface area contributed by atoms with Gasteiger partial charge in [0.15, 0.2) is 0 Å². The quantitative estimate of drug-likeness (QED) is 0.472. The van der Waals surface area contributed by atoms with Gasteiger partial charge in [0.2, 0.25) is 4.77 Å². The van der Waals surface area contributed by atoms with Crippen LogP contribution < -0.4 is 11.6 Å². The Labute approximate surface area is 81.7 Å². The van der Waals surface area contributed by atoms with Crippen LogP contribution in [0, 0.1) is 4.77 Å². The van der Waals surface area contributed by atoms with E-state index in [1.54, 1.807) is 0 Å². The van der Waals surface area contributed by atoms with Crippen LogP contribution in [0.2, 0.25) is 0 Å². The van der Waals surface area contributed by atoms with Crippen LogP contribution in [-0.4, -0.2) is 14.9 Å². The molecule has 1 aromatic rings. The van der Waals surface area contributed by atoms with Gasteiger partial charge in [0.1, 0.15) is 11.5 Å². The summed E-state index contributed by atoms with van der Waals surface area (Å²) in [6, 6.07) is 0. The number of nitrogen functional groups attached to an aromatic ring is 2. The molecule has 0 bridgehead atoms. The van der Waals surface area contributed by atoms with E-state index in [2.05, 4.69) is 10.2 Å². The van der Waals surface area contributed by atoms with E-state index in [1.807, 2.05) is 20.8 Å². The molecule has 6 heteroatoms. The Morgan fingerprint density at radius 1 is 1.31 bits per heavy atom. The third kappa shape index (κ3) is 1.77. The number of hydrogen-bond donors (Lipinski definition) is 2. The van der Waals surface area contributed by atoms with Crippen molar-refractivity contribution in [3.8, 4) is 0 Å². The van der Waals surface area contributed by atoms with E-state index < -0.39 is 0 Å². The number of nitrogens with two attached hydrogens (primary N) is 2. The second kappa shape index (κ2) is 2.95. The molecular weight excluding hydrogens is 186 g/mol. The molecule has 0 spiro atoms. The minimum absolute atomic E-state index is 0.179. The van der Waals surface area contributed by atoms with Gasteiger partial charge in [0.05, 0.1) is 0 Å². The Morgan fingerprint density at radius 2 is 1.85 bits per heavy atom. The number of aromatic nitrogens is 3. The molecule has 5 nitrogen and oxygen atoms in total. The van der Waals surface area contributed by atoms with Crippen molar-refractivity contribution in [3.05, 3.63) is 10.5 Å². The van der Waals surface area contributed by atoms with Gasteiger partial charge in [0.25, 0.3) is 0 Å². The molecule has 0 aromatic carbocycles. The van der Waals surface area contributed by atoms with Crippen LogP contribution in [0.4, 0.5) is 5.82 Å². The Hall–Kier alpha value is -1.17. The fourth-order valence-electron chi connectivity index (χ4n) is 0.944. The highest BCUT2D eigenvalue weighted by molar-refractivity contribution is 7.71. The zero-order chi connectivity index (χ0) is 10.2. The Balaban J connectivity index is 3.44. The molecule has 0 saturated heterocycles. The maximum atomic E-state index is 5.74. The second-order valence-corrected chi connectivity index (χ2v) is 4.20. The van der Waals surface area contributed by atoms with E-state index in [1.165, 1.54) is 4.68 Å². The van der Waals surface area contributed by atoms with Crippen LogP contribution in [0.3, 0.4) is 0 Å². The van der Waals surface area contributed by atoms with Crippen LogP contribution in [0.25, 0.3) is 0 Å². The standard InChI is InChI=1S/C7H13N5S/c1-7(2,3)4-5(8)12(9)6(13)11-10-4/h8-9H2,1-3H3. The topological polar surface area (TPSA) is 82.8 Å². The highest BCUT2D eigenvalue weighted by Gasteiger charge is 2.21. The SMILES string of the molecule is CC(C)(C)c1nnc(=S)n(N)c1N. The van der Waals surface area contributed by atoms with Gasteiger partial charge in [-0.15, -0.1) is 10.2 Å². The summed E-state index contributed by atoms with van der Waals surface area (Å²) in [5.41, 5.74) is 6.22. The van der Waals surface area contributed by atoms with Gasteiger partial charge < -0.3 is 11.6 Å². The highest BCUT2D eigenvalue weighted by Crippen LogP contribution is 2.23. The predicted molar refractivity (Wildman–Crippen MR) is 54.1 cm³/mol. The van der Waals surface area contributed by atoms with Gasteiger partial charge >= 0.3 is 0 Å². The van der Waals surface area contributed by atoms with Gasteiger partial charge in [0, 0.05) is 5.41 Å². The molecule has 0 amide bonds. The van der Waals surface area contributed by atoms with E-state index in [9.17, 15) is 0 Å². The van der Waals surface area contributed by atoms with Gasteiger partial charge in [-0.25, -0.2) is 4.68 Å². The third-order valence-electron chi connectivity index (χ3n) is 1.65. The molecule has 0 unspecified atom stereocenters. The van der Waals surface area contributed by atoms with Crippen LogP contribution in [-0.2, 0) is 5.41 Å². The maximum Gasteiger partial charge on any atom is 0.240 e. The summed E-state index contributed by atoms with van der Waals surface area (Å²) in [7, 11) is 0. The van der Waals surface area contributed by atoms with E-state index in [4.69, 9.17) is 23.8 Å². The number of anilines is 1. The number of nitrogens with zero attached hydrogens (tertiary/aromatic N) is 3. The molecule has 1 rings (SSSR count). The molecule has 4 N–H and O–H groups in total. The van der Waals surface area contributed by atoms with Crippen molar-refractivity contribution in [1.29, 1.82) is 0 Å². The smallest absolute Gasteiger partial charge is 0.240 e. The summed E-state index contributed by atoms with van der Waals surface area (Å²) < 4.78 is 1.36. The lowest BCUT2D eigenvalue weighted by molar-refractivity contribution is 0.550. The molecule has 0 radical (unpaired) electrons. The fourth-order valence-corrected chi connectivity index (χ4v) is 1.08. The summed E-state index contributed by atoms with van der Waals surface area (Å²) >= 11 is 4.81. The molecule has 1 aromatic heterocycles. The van der Waals surface area contributed by atoms with Crippen LogP contribution in [0.1, 0.15) is 26.5 Å². The molecular formula is C7H13N5S.